The molecule has 6 nitrogen and oxygen atoms in total. The Bertz CT molecular complexity index is 1180. The van der Waals surface area contributed by atoms with Gasteiger partial charge in [-0.25, -0.2) is 4.39 Å². The minimum Gasteiger partial charge on any atom is -0.390 e. The van der Waals surface area contributed by atoms with Crippen LogP contribution in [0.2, 0.25) is 0 Å². The average Bonchev–Trinajstić information content (AvgIpc) is 3.10. The number of carbonyl (C=O) groups is 1. The molecule has 1 aromatic rings. The van der Waals surface area contributed by atoms with Crippen molar-refractivity contribution in [2.75, 3.05) is 19.1 Å². The van der Waals surface area contributed by atoms with Crippen LogP contribution in [0.3, 0.4) is 0 Å². The van der Waals surface area contributed by atoms with Crippen molar-refractivity contribution in [3.8, 4) is 0 Å². The number of aliphatic hydroxyl groups excluding tert-OH is 2. The third-order valence-electron chi connectivity index (χ3n) is 10.4. The molecular weight excluding hydrogens is 471 g/mol. The number of hydrogen-bond acceptors (Lipinski definition) is 6. The molecule has 3 fully saturated rings. The summed E-state index contributed by atoms with van der Waals surface area (Å²) in [6.45, 7) is 7.19. The van der Waals surface area contributed by atoms with Gasteiger partial charge in [0.1, 0.15) is 12.2 Å². The molecule has 8 atom stereocenters. The monoisotopic (exact) mass is 510 g/mol. The van der Waals surface area contributed by atoms with Crippen molar-refractivity contribution in [3.63, 3.8) is 0 Å². The lowest BCUT2D eigenvalue weighted by atomic mass is 9.44. The molecule has 0 amide bonds. The number of alkyl halides is 1. The molecule has 3 N–H and O–H groups in total. The highest BCUT2D eigenvalue weighted by Crippen LogP contribution is 2.71. The van der Waals surface area contributed by atoms with Crippen molar-refractivity contribution in [3.05, 3.63) is 53.6 Å². The van der Waals surface area contributed by atoms with Gasteiger partial charge in [0, 0.05) is 23.9 Å². The third kappa shape index (κ3) is 3.39. The highest BCUT2D eigenvalue weighted by atomic mass is 19.1. The summed E-state index contributed by atoms with van der Waals surface area (Å²) in [7, 11) is 1.50. The summed E-state index contributed by atoms with van der Waals surface area (Å²) in [5.41, 5.74) is 1.87. The number of aliphatic hydroxyl groups is 2. The van der Waals surface area contributed by atoms with Crippen molar-refractivity contribution in [2.45, 2.75) is 70.8 Å². The molecule has 0 heterocycles. The zero-order valence-electron chi connectivity index (χ0n) is 22.4. The number of fused-ring (bicyclic) bond motifs is 5. The van der Waals surface area contributed by atoms with E-state index in [0.29, 0.717) is 25.0 Å². The molecule has 4 aliphatic rings. The van der Waals surface area contributed by atoms with Gasteiger partial charge >= 0.3 is 0 Å². The minimum absolute atomic E-state index is 0.0984. The van der Waals surface area contributed by atoms with Crippen molar-refractivity contribution in [2.24, 2.45) is 33.7 Å². The molecule has 0 aromatic heterocycles. The third-order valence-corrected chi connectivity index (χ3v) is 10.4. The highest BCUT2D eigenvalue weighted by Gasteiger charge is 2.76. The maximum atomic E-state index is 17.5. The van der Waals surface area contributed by atoms with Crippen molar-refractivity contribution < 1.29 is 24.1 Å². The Morgan fingerprint density at radius 2 is 1.95 bits per heavy atom. The molecule has 200 valence electrons. The second kappa shape index (κ2) is 8.85. The Balaban J connectivity index is 1.48. The lowest BCUT2D eigenvalue weighted by molar-refractivity contribution is -0.224. The number of rotatable bonds is 5. The van der Waals surface area contributed by atoms with Gasteiger partial charge in [-0.1, -0.05) is 43.2 Å². The molecule has 0 bridgehead atoms. The molecule has 2 unspecified atom stereocenters. The molecule has 0 spiro atoms. The summed E-state index contributed by atoms with van der Waals surface area (Å²) in [6, 6.07) is 7.95. The number of allylic oxidation sites excluding steroid dienone is 4. The Morgan fingerprint density at radius 1 is 1.24 bits per heavy atom. The minimum atomic E-state index is -1.89. The number of methoxy groups -OCH3 is 1. The van der Waals surface area contributed by atoms with Gasteiger partial charge in [0.15, 0.2) is 11.5 Å². The maximum Gasteiger partial charge on any atom is 0.190 e. The summed E-state index contributed by atoms with van der Waals surface area (Å²) in [6.07, 6.45) is 6.34. The summed E-state index contributed by atoms with van der Waals surface area (Å²) in [5, 5.41) is 25.9. The van der Waals surface area contributed by atoms with Gasteiger partial charge in [-0.3, -0.25) is 10.2 Å². The van der Waals surface area contributed by atoms with Crippen LogP contribution < -0.4 is 5.43 Å². The number of nitrogens with one attached hydrogen (secondary N) is 1. The second-order valence-corrected chi connectivity index (χ2v) is 12.0. The standard InChI is InChI=1S/C30H39FN2O4/c1-18-6-9-21(10-7-18)32-33-22-12-13-27(3)20(15-22)8-11-23-24-14-19(2)30(37-5,26(36)17-34)28(24,4)16-25(35)29(23,27)31/h6-7,9-10,12-13,15,19,23-25,32,34-35H,8,11,14,16-17H2,1-5H3/b33-22+/t19-,23+,24+,25+,27?,28+,29+,30?/m1/s1. The lowest BCUT2D eigenvalue weighted by Gasteiger charge is -2.63. The van der Waals surface area contributed by atoms with Gasteiger partial charge in [0.25, 0.3) is 0 Å². The SMILES string of the molecule is COC1(C(=O)CO)[C@H](C)C[C@H]2[C@@H]3CCC4=C/C(=N/Nc5ccc(C)cc5)C=CC4(C)[C@@]3(F)[C@@H](O)C[C@@]21C. The zero-order chi connectivity index (χ0) is 26.8. The number of halogens is 1. The number of nitrogens with zero attached hydrogens (tertiary/aromatic N) is 1. The number of carbonyl (C=O) groups excluding carboxylic acids is 1. The molecule has 37 heavy (non-hydrogen) atoms. The molecule has 4 aliphatic carbocycles. The summed E-state index contributed by atoms with van der Waals surface area (Å²) in [5.74, 6) is -1.17. The maximum absolute atomic E-state index is 17.5. The van der Waals surface area contributed by atoms with E-state index in [0.717, 1.165) is 11.3 Å². The van der Waals surface area contributed by atoms with Crippen LogP contribution in [0.1, 0.15) is 52.0 Å². The Labute approximate surface area is 218 Å². The molecule has 0 saturated heterocycles. The fourth-order valence-electron chi connectivity index (χ4n) is 8.63. The largest absolute Gasteiger partial charge is 0.390 e. The molecular formula is C30H39FN2O4. The Kier molecular flexibility index (Phi) is 6.29. The zero-order valence-corrected chi connectivity index (χ0v) is 22.4. The van der Waals surface area contributed by atoms with Crippen LogP contribution in [0.25, 0.3) is 0 Å². The van der Waals surface area contributed by atoms with Gasteiger partial charge in [-0.15, -0.1) is 0 Å². The number of hydrogen-bond donors (Lipinski definition) is 3. The van der Waals surface area contributed by atoms with E-state index >= 15 is 4.39 Å². The number of anilines is 1. The summed E-state index contributed by atoms with van der Waals surface area (Å²) < 4.78 is 23.5. The molecule has 0 radical (unpaired) electrons. The highest BCUT2D eigenvalue weighted by molar-refractivity contribution is 6.06. The first kappa shape index (κ1) is 26.3. The predicted octanol–water partition coefficient (Wildman–Crippen LogP) is 4.76. The number of ether oxygens (including phenoxy) is 1. The van der Waals surface area contributed by atoms with E-state index in [4.69, 9.17) is 4.74 Å². The van der Waals surface area contributed by atoms with Crippen LogP contribution in [-0.4, -0.2) is 52.8 Å². The summed E-state index contributed by atoms with van der Waals surface area (Å²) in [4.78, 5) is 13.1. The van der Waals surface area contributed by atoms with Crippen molar-refractivity contribution in [1.82, 2.24) is 0 Å². The number of ketones is 1. The number of Topliss-reactive ketones (excluding diaryl/α,β-unsaturated/α-hetero) is 1. The molecule has 3 saturated carbocycles. The van der Waals surface area contributed by atoms with Gasteiger partial charge in [0.2, 0.25) is 0 Å². The topological polar surface area (TPSA) is 91.2 Å². The van der Waals surface area contributed by atoms with Crippen LogP contribution in [0.4, 0.5) is 10.1 Å². The quantitative estimate of drug-likeness (QED) is 0.497. The number of hydrazone groups is 1. The van der Waals surface area contributed by atoms with Crippen LogP contribution in [-0.2, 0) is 9.53 Å². The van der Waals surface area contributed by atoms with Gasteiger partial charge in [0.05, 0.1) is 17.5 Å². The van der Waals surface area contributed by atoms with Gasteiger partial charge < -0.3 is 14.9 Å². The average molecular weight is 511 g/mol. The first-order valence-electron chi connectivity index (χ1n) is 13.3. The molecule has 1 aromatic carbocycles. The lowest BCUT2D eigenvalue weighted by Crippen LogP contribution is -2.69. The first-order valence-corrected chi connectivity index (χ1v) is 13.3. The Hall–Kier alpha value is -2.35. The van der Waals surface area contributed by atoms with Gasteiger partial charge in [-0.2, -0.15) is 5.10 Å². The van der Waals surface area contributed by atoms with E-state index in [1.54, 1.807) is 0 Å². The predicted molar refractivity (Wildman–Crippen MR) is 142 cm³/mol. The van der Waals surface area contributed by atoms with E-state index in [2.05, 4.69) is 10.5 Å². The van der Waals surface area contributed by atoms with E-state index in [9.17, 15) is 15.0 Å². The smallest absolute Gasteiger partial charge is 0.190 e. The van der Waals surface area contributed by atoms with E-state index in [1.165, 1.54) is 12.7 Å². The second-order valence-electron chi connectivity index (χ2n) is 12.0. The molecule has 5 rings (SSSR count). The van der Waals surface area contributed by atoms with Crippen molar-refractivity contribution >= 4 is 17.2 Å². The fraction of sp³-hybridized carbons (Fsp3) is 0.600. The molecule has 7 heteroatoms. The normalized spacial score (nSPS) is 43.6. The van der Waals surface area contributed by atoms with Crippen LogP contribution in [0.5, 0.6) is 0 Å². The first-order chi connectivity index (χ1) is 17.5. The molecule has 0 aliphatic heterocycles. The van der Waals surface area contributed by atoms with Crippen LogP contribution >= 0.6 is 0 Å². The van der Waals surface area contributed by atoms with E-state index < -0.39 is 40.7 Å². The summed E-state index contributed by atoms with van der Waals surface area (Å²) >= 11 is 0. The van der Waals surface area contributed by atoms with E-state index in [1.807, 2.05) is 70.2 Å². The fourth-order valence-corrected chi connectivity index (χ4v) is 8.63. The van der Waals surface area contributed by atoms with Crippen LogP contribution in [0, 0.1) is 35.5 Å². The van der Waals surface area contributed by atoms with Crippen molar-refractivity contribution in [1.29, 1.82) is 0 Å². The van der Waals surface area contributed by atoms with E-state index in [-0.39, 0.29) is 24.0 Å². The number of aryl methyl sites for hydroxylation is 1. The van der Waals surface area contributed by atoms with Gasteiger partial charge in [-0.05, 0) is 75.7 Å². The van der Waals surface area contributed by atoms with Crippen LogP contribution in [0.15, 0.2) is 53.2 Å². The number of benzene rings is 1. The Morgan fingerprint density at radius 3 is 2.59 bits per heavy atom.